The Morgan fingerprint density at radius 3 is 2.38 bits per heavy atom. The summed E-state index contributed by atoms with van der Waals surface area (Å²) in [5, 5.41) is 2.90. The second-order valence-corrected chi connectivity index (χ2v) is 5.17. The van der Waals surface area contributed by atoms with E-state index in [1.165, 1.54) is 7.11 Å². The van der Waals surface area contributed by atoms with E-state index in [-0.39, 0.29) is 5.91 Å². The average Bonchev–Trinajstić information content (AvgIpc) is 2.51. The van der Waals surface area contributed by atoms with Crippen LogP contribution in [0, 0.1) is 12.3 Å². The second kappa shape index (κ2) is 7.22. The number of benzene rings is 1. The molecule has 5 heteroatoms. The number of amides is 1. The van der Waals surface area contributed by atoms with Gasteiger partial charge in [0.15, 0.2) is 0 Å². The quantitative estimate of drug-likeness (QED) is 0.789. The Balaban J connectivity index is 3.07. The van der Waals surface area contributed by atoms with Crippen molar-refractivity contribution in [3.8, 4) is 0 Å². The van der Waals surface area contributed by atoms with Gasteiger partial charge < -0.3 is 15.8 Å². The Morgan fingerprint density at radius 2 is 1.90 bits per heavy atom. The van der Waals surface area contributed by atoms with E-state index in [1.807, 2.05) is 20.8 Å². The van der Waals surface area contributed by atoms with E-state index in [4.69, 9.17) is 10.5 Å². The SMILES string of the molecule is CCC(CC)(CN)C(=O)Nc1cc(C(=O)OC)ccc1C. The molecule has 0 radical (unpaired) electrons. The first-order valence-electron chi connectivity index (χ1n) is 7.14. The van der Waals surface area contributed by atoms with Crippen LogP contribution in [0.15, 0.2) is 18.2 Å². The zero-order valence-corrected chi connectivity index (χ0v) is 13.2. The standard InChI is InChI=1S/C16H24N2O3/c1-5-16(6-2,10-17)15(20)18-13-9-12(14(19)21-4)8-7-11(13)3/h7-9H,5-6,10,17H2,1-4H3,(H,18,20). The molecule has 1 aromatic carbocycles. The molecule has 1 amide bonds. The molecule has 0 fully saturated rings. The lowest BCUT2D eigenvalue weighted by Gasteiger charge is -2.29. The number of aryl methyl sites for hydroxylation is 1. The Morgan fingerprint density at radius 1 is 1.29 bits per heavy atom. The molecule has 1 aromatic rings. The number of hydrogen-bond acceptors (Lipinski definition) is 4. The van der Waals surface area contributed by atoms with Crippen LogP contribution in [0.25, 0.3) is 0 Å². The number of nitrogens with two attached hydrogens (primary N) is 1. The minimum Gasteiger partial charge on any atom is -0.465 e. The molecule has 0 aromatic heterocycles. The highest BCUT2D eigenvalue weighted by atomic mass is 16.5. The summed E-state index contributed by atoms with van der Waals surface area (Å²) in [6.45, 7) is 6.07. The molecule has 0 spiro atoms. The Labute approximate surface area is 125 Å². The van der Waals surface area contributed by atoms with Gasteiger partial charge in [0.1, 0.15) is 0 Å². The molecule has 0 unspecified atom stereocenters. The summed E-state index contributed by atoms with van der Waals surface area (Å²) in [5.41, 5.74) is 7.11. The zero-order valence-electron chi connectivity index (χ0n) is 13.2. The number of carbonyl (C=O) groups excluding carboxylic acids is 2. The number of anilines is 1. The molecule has 0 aliphatic heterocycles. The van der Waals surface area contributed by atoms with Crippen molar-refractivity contribution in [3.63, 3.8) is 0 Å². The monoisotopic (exact) mass is 292 g/mol. The Bertz CT molecular complexity index is 514. The fourth-order valence-electron chi connectivity index (χ4n) is 2.21. The smallest absolute Gasteiger partial charge is 0.337 e. The third-order valence-electron chi connectivity index (χ3n) is 4.13. The topological polar surface area (TPSA) is 81.4 Å². The van der Waals surface area contributed by atoms with Gasteiger partial charge >= 0.3 is 5.97 Å². The third kappa shape index (κ3) is 3.61. The van der Waals surface area contributed by atoms with Crippen molar-refractivity contribution < 1.29 is 14.3 Å². The van der Waals surface area contributed by atoms with Gasteiger partial charge in [0.25, 0.3) is 0 Å². The number of nitrogens with one attached hydrogen (secondary N) is 1. The van der Waals surface area contributed by atoms with Crippen LogP contribution in [0.3, 0.4) is 0 Å². The largest absolute Gasteiger partial charge is 0.465 e. The first kappa shape index (κ1) is 17.2. The molecule has 5 nitrogen and oxygen atoms in total. The zero-order chi connectivity index (χ0) is 16.0. The van der Waals surface area contributed by atoms with Crippen LogP contribution in [-0.4, -0.2) is 25.5 Å². The maximum absolute atomic E-state index is 12.5. The summed E-state index contributed by atoms with van der Waals surface area (Å²) in [4.78, 5) is 24.1. The summed E-state index contributed by atoms with van der Waals surface area (Å²) < 4.78 is 4.70. The van der Waals surface area contributed by atoms with Gasteiger partial charge in [0.2, 0.25) is 5.91 Å². The summed E-state index contributed by atoms with van der Waals surface area (Å²) in [5.74, 6) is -0.540. The molecular weight excluding hydrogens is 268 g/mol. The van der Waals surface area contributed by atoms with Crippen molar-refractivity contribution in [3.05, 3.63) is 29.3 Å². The fourth-order valence-corrected chi connectivity index (χ4v) is 2.21. The molecule has 116 valence electrons. The number of ether oxygens (including phenoxy) is 1. The van der Waals surface area contributed by atoms with Gasteiger partial charge in [-0.1, -0.05) is 19.9 Å². The fraction of sp³-hybridized carbons (Fsp3) is 0.500. The summed E-state index contributed by atoms with van der Waals surface area (Å²) in [6, 6.07) is 5.09. The maximum Gasteiger partial charge on any atom is 0.337 e. The van der Waals surface area contributed by atoms with Crippen LogP contribution in [-0.2, 0) is 9.53 Å². The van der Waals surface area contributed by atoms with E-state index < -0.39 is 11.4 Å². The third-order valence-corrected chi connectivity index (χ3v) is 4.13. The van der Waals surface area contributed by atoms with Crippen LogP contribution in [0.5, 0.6) is 0 Å². The van der Waals surface area contributed by atoms with Crippen LogP contribution in [0.1, 0.15) is 42.6 Å². The molecule has 0 saturated heterocycles. The predicted molar refractivity (Wildman–Crippen MR) is 83.2 cm³/mol. The lowest BCUT2D eigenvalue weighted by atomic mass is 9.81. The molecule has 0 atom stereocenters. The van der Waals surface area contributed by atoms with Crippen molar-refractivity contribution in [2.45, 2.75) is 33.6 Å². The molecule has 21 heavy (non-hydrogen) atoms. The first-order chi connectivity index (χ1) is 9.93. The highest BCUT2D eigenvalue weighted by Crippen LogP contribution is 2.28. The van der Waals surface area contributed by atoms with Crippen LogP contribution in [0.4, 0.5) is 5.69 Å². The number of carbonyl (C=O) groups is 2. The van der Waals surface area contributed by atoms with E-state index in [0.29, 0.717) is 30.6 Å². The van der Waals surface area contributed by atoms with Gasteiger partial charge in [0, 0.05) is 12.2 Å². The average molecular weight is 292 g/mol. The van der Waals surface area contributed by atoms with E-state index >= 15 is 0 Å². The molecule has 0 saturated carbocycles. The van der Waals surface area contributed by atoms with Gasteiger partial charge in [-0.2, -0.15) is 0 Å². The van der Waals surface area contributed by atoms with Gasteiger partial charge in [0.05, 0.1) is 18.1 Å². The molecule has 0 heterocycles. The van der Waals surface area contributed by atoms with Gasteiger partial charge in [-0.05, 0) is 37.5 Å². The highest BCUT2D eigenvalue weighted by molar-refractivity contribution is 5.98. The second-order valence-electron chi connectivity index (χ2n) is 5.17. The van der Waals surface area contributed by atoms with Crippen molar-refractivity contribution in [1.82, 2.24) is 0 Å². The van der Waals surface area contributed by atoms with Crippen LogP contribution >= 0.6 is 0 Å². The van der Waals surface area contributed by atoms with E-state index in [9.17, 15) is 9.59 Å². The summed E-state index contributed by atoms with van der Waals surface area (Å²) >= 11 is 0. The van der Waals surface area contributed by atoms with E-state index in [2.05, 4.69) is 5.32 Å². The number of rotatable bonds is 6. The molecule has 0 aliphatic carbocycles. The lowest BCUT2D eigenvalue weighted by Crippen LogP contribution is -2.41. The van der Waals surface area contributed by atoms with Crippen LogP contribution in [0.2, 0.25) is 0 Å². The molecule has 0 bridgehead atoms. The van der Waals surface area contributed by atoms with Gasteiger partial charge in [-0.25, -0.2) is 4.79 Å². The highest BCUT2D eigenvalue weighted by Gasteiger charge is 2.33. The minimum atomic E-state index is -0.576. The molecule has 0 aliphatic rings. The van der Waals surface area contributed by atoms with Gasteiger partial charge in [-0.15, -0.1) is 0 Å². The molecule has 1 rings (SSSR count). The number of esters is 1. The number of hydrogen-bond donors (Lipinski definition) is 2. The summed E-state index contributed by atoms with van der Waals surface area (Å²) in [6.07, 6.45) is 1.34. The Hall–Kier alpha value is -1.88. The van der Waals surface area contributed by atoms with Gasteiger partial charge in [-0.3, -0.25) is 4.79 Å². The first-order valence-corrected chi connectivity index (χ1v) is 7.14. The molecular formula is C16H24N2O3. The lowest BCUT2D eigenvalue weighted by molar-refractivity contribution is -0.125. The van der Waals surface area contributed by atoms with Crippen molar-refractivity contribution in [2.24, 2.45) is 11.1 Å². The van der Waals surface area contributed by atoms with E-state index in [0.717, 1.165) is 5.56 Å². The minimum absolute atomic E-state index is 0.111. The van der Waals surface area contributed by atoms with Crippen molar-refractivity contribution >= 4 is 17.6 Å². The predicted octanol–water partition coefficient (Wildman–Crippen LogP) is 2.49. The van der Waals surface area contributed by atoms with E-state index in [1.54, 1.807) is 18.2 Å². The maximum atomic E-state index is 12.5. The van der Waals surface area contributed by atoms with Crippen molar-refractivity contribution in [2.75, 3.05) is 19.0 Å². The van der Waals surface area contributed by atoms with Crippen LogP contribution < -0.4 is 11.1 Å². The Kier molecular flexibility index (Phi) is 5.90. The normalized spacial score (nSPS) is 11.1. The summed E-state index contributed by atoms with van der Waals surface area (Å²) in [7, 11) is 1.33. The molecule has 3 N–H and O–H groups in total. The van der Waals surface area contributed by atoms with Crippen molar-refractivity contribution in [1.29, 1.82) is 0 Å². The number of methoxy groups -OCH3 is 1.